The van der Waals surface area contributed by atoms with Crippen molar-refractivity contribution in [1.29, 1.82) is 0 Å². The number of thiocarbonyl (C=S) groups is 1. The van der Waals surface area contributed by atoms with Gasteiger partial charge in [-0.25, -0.2) is 0 Å². The lowest BCUT2D eigenvalue weighted by atomic mass is 10.1. The molecule has 162 valence electrons. The molecule has 1 aliphatic heterocycles. The molecule has 2 aromatic rings. The molecule has 2 aromatic carbocycles. The molecule has 0 radical (unpaired) electrons. The second-order valence-corrected chi connectivity index (χ2v) is 8.25. The Kier molecular flexibility index (Phi) is 8.18. The van der Waals surface area contributed by atoms with Crippen LogP contribution in [0.4, 0.5) is 5.69 Å². The Morgan fingerprint density at radius 2 is 1.83 bits per heavy atom. The lowest BCUT2D eigenvalue weighted by Gasteiger charge is -2.29. The zero-order valence-electron chi connectivity index (χ0n) is 17.4. The fraction of sp³-hybridized carbons (Fsp3) is 0.409. The van der Waals surface area contributed by atoms with E-state index in [1.54, 1.807) is 21.3 Å². The average molecular weight is 495 g/mol. The van der Waals surface area contributed by atoms with Crippen LogP contribution >= 0.6 is 28.1 Å². The summed E-state index contributed by atoms with van der Waals surface area (Å²) < 4.78 is 23.5. The summed E-state index contributed by atoms with van der Waals surface area (Å²) in [7, 11) is 4.84. The molecule has 8 heteroatoms. The predicted molar refractivity (Wildman–Crippen MR) is 126 cm³/mol. The molecule has 0 aromatic heterocycles. The molecule has 1 saturated heterocycles. The Hall–Kier alpha value is -2.03. The number of halogens is 1. The lowest BCUT2D eigenvalue weighted by molar-refractivity contribution is 0.0903. The van der Waals surface area contributed by atoms with Crippen LogP contribution in [0.25, 0.3) is 0 Å². The fourth-order valence-corrected chi connectivity index (χ4v) is 4.00. The number of anilines is 1. The van der Waals surface area contributed by atoms with Crippen LogP contribution in [0.15, 0.2) is 40.9 Å². The summed E-state index contributed by atoms with van der Waals surface area (Å²) in [5, 5.41) is 3.97. The zero-order chi connectivity index (χ0) is 21.5. The standard InChI is InChI=1S/C22H27BrN2O4S/c1-26-19-11-6-15(20(27-2)21(19)28-3)13-25(14-18-5-4-12-29-18)22(30)24-17-9-7-16(23)8-10-17/h6-11,18H,4-5,12-14H2,1-3H3,(H,24,30). The Balaban J connectivity index is 1.85. The third-order valence-electron chi connectivity index (χ3n) is 4.98. The largest absolute Gasteiger partial charge is 0.493 e. The summed E-state index contributed by atoms with van der Waals surface area (Å²) in [5.74, 6) is 1.83. The number of hydrogen-bond acceptors (Lipinski definition) is 5. The molecule has 30 heavy (non-hydrogen) atoms. The highest BCUT2D eigenvalue weighted by molar-refractivity contribution is 9.10. The molecule has 1 fully saturated rings. The molecular weight excluding hydrogens is 468 g/mol. The van der Waals surface area contributed by atoms with Crippen LogP contribution in [-0.2, 0) is 11.3 Å². The van der Waals surface area contributed by atoms with E-state index in [0.717, 1.165) is 35.2 Å². The summed E-state index contributed by atoms with van der Waals surface area (Å²) in [6.07, 6.45) is 2.26. The van der Waals surface area contributed by atoms with Gasteiger partial charge in [0.25, 0.3) is 0 Å². The van der Waals surface area contributed by atoms with Gasteiger partial charge in [0.2, 0.25) is 5.75 Å². The van der Waals surface area contributed by atoms with Gasteiger partial charge in [0.1, 0.15) is 0 Å². The average Bonchev–Trinajstić information content (AvgIpc) is 3.27. The van der Waals surface area contributed by atoms with E-state index in [4.69, 9.17) is 31.2 Å². The Bertz CT molecular complexity index is 857. The molecule has 0 amide bonds. The van der Waals surface area contributed by atoms with E-state index in [1.165, 1.54) is 0 Å². The van der Waals surface area contributed by atoms with Gasteiger partial charge in [-0.05, 0) is 61.5 Å². The number of ether oxygens (including phenoxy) is 4. The first-order valence-electron chi connectivity index (χ1n) is 9.76. The smallest absolute Gasteiger partial charge is 0.203 e. The minimum atomic E-state index is 0.154. The monoisotopic (exact) mass is 494 g/mol. The second-order valence-electron chi connectivity index (χ2n) is 6.95. The van der Waals surface area contributed by atoms with Gasteiger partial charge in [-0.15, -0.1) is 0 Å². The van der Waals surface area contributed by atoms with E-state index in [1.807, 2.05) is 36.4 Å². The lowest BCUT2D eigenvalue weighted by Crippen LogP contribution is -2.39. The fourth-order valence-electron chi connectivity index (χ4n) is 3.48. The summed E-state index contributed by atoms with van der Waals surface area (Å²) in [4.78, 5) is 2.11. The normalized spacial score (nSPS) is 15.5. The quantitative estimate of drug-likeness (QED) is 0.526. The van der Waals surface area contributed by atoms with Gasteiger partial charge in [0, 0.05) is 35.4 Å². The molecule has 3 rings (SSSR count). The number of nitrogens with one attached hydrogen (secondary N) is 1. The molecule has 6 nitrogen and oxygen atoms in total. The van der Waals surface area contributed by atoms with Crippen LogP contribution in [0.2, 0.25) is 0 Å². The van der Waals surface area contributed by atoms with Crippen molar-refractivity contribution < 1.29 is 18.9 Å². The highest BCUT2D eigenvalue weighted by atomic mass is 79.9. The van der Waals surface area contributed by atoms with Gasteiger partial charge in [-0.3, -0.25) is 0 Å². The second kappa shape index (κ2) is 10.8. The zero-order valence-corrected chi connectivity index (χ0v) is 19.8. The van der Waals surface area contributed by atoms with E-state index in [9.17, 15) is 0 Å². The van der Waals surface area contributed by atoms with Crippen molar-refractivity contribution in [2.45, 2.75) is 25.5 Å². The van der Waals surface area contributed by atoms with Crippen LogP contribution in [0.1, 0.15) is 18.4 Å². The first-order chi connectivity index (χ1) is 14.5. The van der Waals surface area contributed by atoms with Crippen LogP contribution in [-0.4, -0.2) is 50.6 Å². The van der Waals surface area contributed by atoms with Gasteiger partial charge < -0.3 is 29.2 Å². The summed E-state index contributed by atoms with van der Waals surface area (Å²) in [6, 6.07) is 11.8. The molecule has 0 saturated carbocycles. The van der Waals surface area contributed by atoms with Crippen molar-refractivity contribution >= 4 is 38.9 Å². The molecule has 1 heterocycles. The third-order valence-corrected chi connectivity index (χ3v) is 5.87. The maximum Gasteiger partial charge on any atom is 0.203 e. The van der Waals surface area contributed by atoms with Gasteiger partial charge in [-0.1, -0.05) is 15.9 Å². The third kappa shape index (κ3) is 5.56. The minimum absolute atomic E-state index is 0.154. The molecule has 0 aliphatic carbocycles. The maximum absolute atomic E-state index is 5.86. The molecule has 1 unspecified atom stereocenters. The molecular formula is C22H27BrN2O4S. The minimum Gasteiger partial charge on any atom is -0.493 e. The van der Waals surface area contributed by atoms with E-state index < -0.39 is 0 Å². The number of benzene rings is 2. The van der Waals surface area contributed by atoms with Crippen molar-refractivity contribution in [2.24, 2.45) is 0 Å². The first-order valence-corrected chi connectivity index (χ1v) is 11.0. The van der Waals surface area contributed by atoms with E-state index in [-0.39, 0.29) is 6.10 Å². The van der Waals surface area contributed by atoms with Gasteiger partial charge in [0.05, 0.1) is 27.4 Å². The summed E-state index contributed by atoms with van der Waals surface area (Å²) >= 11 is 9.23. The van der Waals surface area contributed by atoms with Crippen LogP contribution in [0.3, 0.4) is 0 Å². The topological polar surface area (TPSA) is 52.2 Å². The summed E-state index contributed by atoms with van der Waals surface area (Å²) in [6.45, 7) is 2.04. The number of hydrogen-bond donors (Lipinski definition) is 1. The number of methoxy groups -OCH3 is 3. The van der Waals surface area contributed by atoms with Crippen molar-refractivity contribution in [3.05, 3.63) is 46.4 Å². The van der Waals surface area contributed by atoms with Gasteiger partial charge in [-0.2, -0.15) is 0 Å². The molecule has 1 aliphatic rings. The summed E-state index contributed by atoms with van der Waals surface area (Å²) in [5.41, 5.74) is 1.88. The molecule has 1 N–H and O–H groups in total. The highest BCUT2D eigenvalue weighted by Crippen LogP contribution is 2.40. The number of rotatable bonds is 8. The molecule has 0 spiro atoms. The van der Waals surface area contributed by atoms with Crippen LogP contribution in [0, 0.1) is 0 Å². The molecule has 1 atom stereocenters. The van der Waals surface area contributed by atoms with Crippen molar-refractivity contribution in [1.82, 2.24) is 4.90 Å². The van der Waals surface area contributed by atoms with Crippen LogP contribution < -0.4 is 19.5 Å². The molecule has 0 bridgehead atoms. The Morgan fingerprint density at radius 1 is 1.10 bits per heavy atom. The predicted octanol–water partition coefficient (Wildman–Crippen LogP) is 4.85. The van der Waals surface area contributed by atoms with Crippen LogP contribution in [0.5, 0.6) is 17.2 Å². The van der Waals surface area contributed by atoms with E-state index in [2.05, 4.69) is 26.1 Å². The van der Waals surface area contributed by atoms with E-state index >= 15 is 0 Å². The highest BCUT2D eigenvalue weighted by Gasteiger charge is 2.24. The van der Waals surface area contributed by atoms with E-state index in [0.29, 0.717) is 35.5 Å². The van der Waals surface area contributed by atoms with Gasteiger partial charge in [0.15, 0.2) is 16.6 Å². The van der Waals surface area contributed by atoms with Gasteiger partial charge >= 0.3 is 0 Å². The number of nitrogens with zero attached hydrogens (tertiary/aromatic N) is 1. The SMILES string of the molecule is COc1ccc(CN(CC2CCCO2)C(=S)Nc2ccc(Br)cc2)c(OC)c1OC. The maximum atomic E-state index is 5.86. The van der Waals surface area contributed by atoms with Crippen molar-refractivity contribution in [2.75, 3.05) is 39.8 Å². The van der Waals surface area contributed by atoms with Crippen molar-refractivity contribution in [3.63, 3.8) is 0 Å². The van der Waals surface area contributed by atoms with Crippen molar-refractivity contribution in [3.8, 4) is 17.2 Å². The first kappa shape index (κ1) is 22.7. The Morgan fingerprint density at radius 3 is 2.43 bits per heavy atom. The Labute approximate surface area is 191 Å².